The van der Waals surface area contributed by atoms with Crippen LogP contribution in [-0.2, 0) is 17.5 Å². The van der Waals surface area contributed by atoms with Crippen molar-refractivity contribution in [1.82, 2.24) is 15.5 Å². The van der Waals surface area contributed by atoms with Gasteiger partial charge in [0.05, 0.1) is 12.1 Å². The van der Waals surface area contributed by atoms with Gasteiger partial charge in [-0.1, -0.05) is 13.0 Å². The van der Waals surface area contributed by atoms with Crippen LogP contribution in [0.3, 0.4) is 0 Å². The van der Waals surface area contributed by atoms with Crippen LogP contribution in [0.2, 0.25) is 0 Å². The molecule has 5 nitrogen and oxygen atoms in total. The Hall–Kier alpha value is -1.59. The van der Waals surface area contributed by atoms with E-state index in [4.69, 9.17) is 0 Å². The Labute approximate surface area is 191 Å². The first-order valence-corrected chi connectivity index (χ1v) is 9.93. The molecule has 0 saturated carbocycles. The van der Waals surface area contributed by atoms with Crippen molar-refractivity contribution in [2.24, 2.45) is 4.99 Å². The second-order valence-electron chi connectivity index (χ2n) is 6.96. The van der Waals surface area contributed by atoms with Gasteiger partial charge in [0.15, 0.2) is 5.96 Å². The van der Waals surface area contributed by atoms with Crippen molar-refractivity contribution < 1.29 is 22.4 Å². The lowest BCUT2D eigenvalue weighted by Crippen LogP contribution is -2.42. The zero-order valence-corrected chi connectivity index (χ0v) is 19.5. The number of amides is 1. The molecule has 2 N–H and O–H groups in total. The number of likely N-dealkylation sites (tertiary alicyclic amines) is 1. The Morgan fingerprint density at radius 2 is 2.00 bits per heavy atom. The van der Waals surface area contributed by atoms with Gasteiger partial charge in [-0.15, -0.1) is 24.0 Å². The van der Waals surface area contributed by atoms with E-state index in [1.165, 1.54) is 0 Å². The zero-order valence-electron chi connectivity index (χ0n) is 17.2. The lowest BCUT2D eigenvalue weighted by atomic mass is 10.1. The molecule has 30 heavy (non-hydrogen) atoms. The Balaban J connectivity index is 0.00000450. The van der Waals surface area contributed by atoms with Gasteiger partial charge in [0.25, 0.3) is 0 Å². The molecule has 1 aliphatic heterocycles. The van der Waals surface area contributed by atoms with Gasteiger partial charge < -0.3 is 15.5 Å². The molecule has 1 saturated heterocycles. The first kappa shape index (κ1) is 26.4. The highest BCUT2D eigenvalue weighted by Gasteiger charge is 2.33. The number of halogens is 5. The molecular formula is C20H29F4IN4O. The van der Waals surface area contributed by atoms with Crippen LogP contribution in [0.5, 0.6) is 0 Å². The molecule has 1 aliphatic rings. The zero-order chi connectivity index (χ0) is 21.4. The molecule has 0 aliphatic carbocycles. The van der Waals surface area contributed by atoms with Crippen molar-refractivity contribution in [3.63, 3.8) is 0 Å². The molecule has 1 fully saturated rings. The lowest BCUT2D eigenvalue weighted by Gasteiger charge is -2.27. The van der Waals surface area contributed by atoms with Gasteiger partial charge in [-0.25, -0.2) is 9.38 Å². The fraction of sp³-hybridized carbons (Fsp3) is 0.600. The smallest absolute Gasteiger partial charge is 0.357 e. The highest BCUT2D eigenvalue weighted by atomic mass is 127. The second-order valence-corrected chi connectivity index (χ2v) is 6.96. The molecule has 2 rings (SSSR count). The van der Waals surface area contributed by atoms with Gasteiger partial charge in [-0.2, -0.15) is 13.2 Å². The summed E-state index contributed by atoms with van der Waals surface area (Å²) in [7, 11) is 0. The van der Waals surface area contributed by atoms with E-state index in [2.05, 4.69) is 15.6 Å². The van der Waals surface area contributed by atoms with Gasteiger partial charge in [0.2, 0.25) is 5.91 Å². The van der Waals surface area contributed by atoms with E-state index in [1.54, 1.807) is 0 Å². The fourth-order valence-electron chi connectivity index (χ4n) is 3.45. The van der Waals surface area contributed by atoms with Crippen LogP contribution in [-0.4, -0.2) is 42.4 Å². The van der Waals surface area contributed by atoms with Gasteiger partial charge >= 0.3 is 6.18 Å². The van der Waals surface area contributed by atoms with Crippen molar-refractivity contribution in [2.45, 2.75) is 58.3 Å². The van der Waals surface area contributed by atoms with Crippen LogP contribution >= 0.6 is 24.0 Å². The van der Waals surface area contributed by atoms with E-state index in [9.17, 15) is 22.4 Å². The molecule has 0 radical (unpaired) electrons. The maximum absolute atomic E-state index is 13.2. The van der Waals surface area contributed by atoms with Crippen LogP contribution in [0.1, 0.15) is 50.7 Å². The highest BCUT2D eigenvalue weighted by molar-refractivity contribution is 14.0. The number of carbonyl (C=O) groups excluding carboxylic acids is 1. The van der Waals surface area contributed by atoms with Crippen molar-refractivity contribution in [3.8, 4) is 0 Å². The van der Waals surface area contributed by atoms with Crippen molar-refractivity contribution in [3.05, 3.63) is 35.1 Å². The monoisotopic (exact) mass is 544 g/mol. The van der Waals surface area contributed by atoms with Crippen LogP contribution in [0, 0.1) is 5.82 Å². The summed E-state index contributed by atoms with van der Waals surface area (Å²) >= 11 is 0. The molecule has 1 atom stereocenters. The standard InChI is InChI=1S/C20H28F4N4O.HI/c1-3-16(28-11-5-6-18(28)29)9-10-26-19(25-4-2)27-13-14-7-8-15(21)12-17(14)20(22,23)24;/h7-8,12,16H,3-6,9-11,13H2,1-2H3,(H2,25,26,27);1H. The summed E-state index contributed by atoms with van der Waals surface area (Å²) in [6.07, 6.45) is -1.61. The summed E-state index contributed by atoms with van der Waals surface area (Å²) in [6.45, 7) is 5.51. The summed E-state index contributed by atoms with van der Waals surface area (Å²) in [5, 5.41) is 6.10. The number of benzene rings is 1. The van der Waals surface area contributed by atoms with Crippen molar-refractivity contribution in [2.75, 3.05) is 19.6 Å². The van der Waals surface area contributed by atoms with Crippen LogP contribution < -0.4 is 10.6 Å². The van der Waals surface area contributed by atoms with Crippen molar-refractivity contribution in [1.29, 1.82) is 0 Å². The number of hydrogen-bond acceptors (Lipinski definition) is 2. The van der Waals surface area contributed by atoms with Crippen LogP contribution in [0.15, 0.2) is 23.2 Å². The first-order valence-electron chi connectivity index (χ1n) is 9.93. The van der Waals surface area contributed by atoms with E-state index < -0.39 is 17.6 Å². The van der Waals surface area contributed by atoms with E-state index in [-0.39, 0.29) is 48.0 Å². The maximum atomic E-state index is 13.2. The Bertz CT molecular complexity index is 727. The Kier molecular flexibility index (Phi) is 10.9. The summed E-state index contributed by atoms with van der Waals surface area (Å²) in [4.78, 5) is 18.0. The molecule has 0 aromatic heterocycles. The predicted molar refractivity (Wildman–Crippen MR) is 119 cm³/mol. The number of rotatable bonds is 8. The van der Waals surface area contributed by atoms with E-state index in [0.29, 0.717) is 31.5 Å². The number of alkyl halides is 3. The molecular weight excluding hydrogens is 515 g/mol. The van der Waals surface area contributed by atoms with Gasteiger partial charge in [0.1, 0.15) is 5.82 Å². The average molecular weight is 544 g/mol. The molecule has 0 spiro atoms. The third-order valence-corrected chi connectivity index (χ3v) is 4.92. The first-order chi connectivity index (χ1) is 13.8. The van der Waals surface area contributed by atoms with Crippen LogP contribution in [0.4, 0.5) is 17.6 Å². The third-order valence-electron chi connectivity index (χ3n) is 4.92. The molecule has 1 heterocycles. The van der Waals surface area contributed by atoms with Crippen LogP contribution in [0.25, 0.3) is 0 Å². The molecule has 0 bridgehead atoms. The molecule has 1 aromatic rings. The normalized spacial score (nSPS) is 15.7. The quantitative estimate of drug-likeness (QED) is 0.222. The Morgan fingerprint density at radius 1 is 1.27 bits per heavy atom. The van der Waals surface area contributed by atoms with Crippen molar-refractivity contribution >= 4 is 35.8 Å². The highest BCUT2D eigenvalue weighted by Crippen LogP contribution is 2.32. The van der Waals surface area contributed by atoms with E-state index in [0.717, 1.165) is 37.9 Å². The number of nitrogens with zero attached hydrogens (tertiary/aromatic N) is 2. The number of nitrogens with one attached hydrogen (secondary N) is 2. The number of guanidine groups is 1. The molecule has 1 amide bonds. The van der Waals surface area contributed by atoms with Gasteiger partial charge in [0, 0.05) is 32.1 Å². The largest absolute Gasteiger partial charge is 0.416 e. The topological polar surface area (TPSA) is 56.7 Å². The molecule has 170 valence electrons. The van der Waals surface area contributed by atoms with E-state index >= 15 is 0 Å². The van der Waals surface area contributed by atoms with Gasteiger partial charge in [-0.3, -0.25) is 4.79 Å². The number of carbonyl (C=O) groups is 1. The summed E-state index contributed by atoms with van der Waals surface area (Å²) < 4.78 is 52.6. The maximum Gasteiger partial charge on any atom is 0.416 e. The average Bonchev–Trinajstić information content (AvgIpc) is 3.09. The third kappa shape index (κ3) is 7.59. The predicted octanol–water partition coefficient (Wildman–Crippen LogP) is 4.31. The summed E-state index contributed by atoms with van der Waals surface area (Å²) in [6, 6.07) is 2.73. The second kappa shape index (κ2) is 12.3. The summed E-state index contributed by atoms with van der Waals surface area (Å²) in [5.74, 6) is -0.377. The lowest BCUT2D eigenvalue weighted by molar-refractivity contribution is -0.138. The molecule has 1 aromatic carbocycles. The molecule has 1 unspecified atom stereocenters. The number of hydrogen-bond donors (Lipinski definition) is 2. The van der Waals surface area contributed by atoms with Gasteiger partial charge in [-0.05, 0) is 43.9 Å². The minimum absolute atomic E-state index is 0. The minimum atomic E-state index is -4.64. The Morgan fingerprint density at radius 3 is 2.57 bits per heavy atom. The van der Waals surface area contributed by atoms with E-state index in [1.807, 2.05) is 18.7 Å². The number of aliphatic imine (C=N–C) groups is 1. The fourth-order valence-corrected chi connectivity index (χ4v) is 3.45. The SMILES string of the molecule is CCNC(=NCc1ccc(F)cc1C(F)(F)F)NCCC(CC)N1CCCC1=O.I. The minimum Gasteiger partial charge on any atom is -0.357 e. The summed E-state index contributed by atoms with van der Waals surface area (Å²) in [5.41, 5.74) is -1.11. The molecule has 10 heteroatoms.